The van der Waals surface area contributed by atoms with Crippen LogP contribution in [0.4, 0.5) is 0 Å². The van der Waals surface area contributed by atoms with E-state index < -0.39 is 47.5 Å². The molecule has 0 radical (unpaired) electrons. The van der Waals surface area contributed by atoms with Crippen LogP contribution in [0.15, 0.2) is 6.07 Å². The minimum absolute atomic E-state index is 0.00706. The van der Waals surface area contributed by atoms with Gasteiger partial charge in [0.2, 0.25) is 12.9 Å². The van der Waals surface area contributed by atoms with Gasteiger partial charge in [0.15, 0.2) is 23.0 Å². The Hall–Kier alpha value is -4.19. The van der Waals surface area contributed by atoms with Gasteiger partial charge in [-0.05, 0) is 31.4 Å². The number of hydrogen-bond donors (Lipinski definition) is 2. The monoisotopic (exact) mass is 637 g/mol. The Bertz CT molecular complexity index is 1670. The number of phenolic OH excluding ortho intramolecular Hbond substituents is 1. The molecule has 0 spiro atoms. The summed E-state index contributed by atoms with van der Waals surface area (Å²) in [6.45, 7) is 4.88. The van der Waals surface area contributed by atoms with Crippen LogP contribution < -0.4 is 24.3 Å². The number of nitrogens with one attached hydrogen (secondary N) is 1. The smallest absolute Gasteiger partial charge is 0.348 e. The third-order valence-electron chi connectivity index (χ3n) is 9.33. The van der Waals surface area contributed by atoms with E-state index in [0.717, 1.165) is 11.1 Å². The number of benzene rings is 2. The second kappa shape index (κ2) is 11.0. The first-order valence-electron chi connectivity index (χ1n) is 14.5. The normalized spacial score (nSPS) is 29.3. The van der Waals surface area contributed by atoms with E-state index in [1.165, 1.54) is 25.8 Å². The lowest BCUT2D eigenvalue weighted by molar-refractivity contribution is -0.163. The summed E-state index contributed by atoms with van der Waals surface area (Å²) < 4.78 is 34.4. The number of aryl methyl sites for hydroxylation is 1. The summed E-state index contributed by atoms with van der Waals surface area (Å²) in [6, 6.07) is 1.64. The Morgan fingerprint density at radius 1 is 1.20 bits per heavy atom. The third-order valence-corrected chi connectivity index (χ3v) is 10.7. The van der Waals surface area contributed by atoms with E-state index in [4.69, 9.17) is 28.4 Å². The second-order valence-corrected chi connectivity index (χ2v) is 12.8. The Morgan fingerprint density at radius 2 is 1.98 bits per heavy atom. The molecule has 2 saturated heterocycles. The molecule has 5 heterocycles. The molecule has 7 atom stereocenters. The number of ether oxygens (including phenoxy) is 6. The number of carbonyl (C=O) groups is 3. The molecule has 5 aliphatic rings. The van der Waals surface area contributed by atoms with E-state index in [2.05, 4.69) is 11.4 Å². The maximum atomic E-state index is 13.1. The fraction of sp³-hybridized carbons (Fsp3) is 0.484. The molecule has 0 amide bonds. The average molecular weight is 638 g/mol. The molecule has 4 bridgehead atoms. The summed E-state index contributed by atoms with van der Waals surface area (Å²) in [5, 5.41) is 25.4. The summed E-state index contributed by atoms with van der Waals surface area (Å²) in [5.74, 6) is 0.254. The highest BCUT2D eigenvalue weighted by Crippen LogP contribution is 2.62. The molecule has 2 aromatic carbocycles. The van der Waals surface area contributed by atoms with E-state index in [1.807, 2.05) is 17.9 Å². The van der Waals surface area contributed by atoms with E-state index in [0.29, 0.717) is 51.7 Å². The van der Waals surface area contributed by atoms with Crippen molar-refractivity contribution >= 4 is 30.2 Å². The Morgan fingerprint density at radius 3 is 2.69 bits per heavy atom. The van der Waals surface area contributed by atoms with Gasteiger partial charge >= 0.3 is 11.9 Å². The number of methoxy groups -OCH3 is 1. The zero-order valence-electron chi connectivity index (χ0n) is 24.9. The lowest BCUT2D eigenvalue weighted by Crippen LogP contribution is -2.69. The molecule has 13 nitrogen and oxygen atoms in total. The second-order valence-electron chi connectivity index (χ2n) is 11.7. The van der Waals surface area contributed by atoms with Crippen LogP contribution in [0, 0.1) is 25.2 Å². The Labute approximate surface area is 262 Å². The number of aromatic hydroxyl groups is 1. The molecule has 2 aromatic rings. The summed E-state index contributed by atoms with van der Waals surface area (Å²) in [7, 11) is 1.50. The van der Waals surface area contributed by atoms with Crippen LogP contribution in [0.1, 0.15) is 57.6 Å². The van der Waals surface area contributed by atoms with Crippen molar-refractivity contribution in [3.05, 3.63) is 39.4 Å². The first kappa shape index (κ1) is 29.5. The zero-order chi connectivity index (χ0) is 31.7. The van der Waals surface area contributed by atoms with E-state index >= 15 is 0 Å². The van der Waals surface area contributed by atoms with E-state index in [-0.39, 0.29) is 37.4 Å². The van der Waals surface area contributed by atoms with Crippen molar-refractivity contribution in [3.63, 3.8) is 0 Å². The minimum atomic E-state index is -1.19. The average Bonchev–Trinajstić information content (AvgIpc) is 3.50. The van der Waals surface area contributed by atoms with Crippen molar-refractivity contribution in [2.45, 2.75) is 68.8 Å². The minimum Gasteiger partial charge on any atom is -0.504 e. The summed E-state index contributed by atoms with van der Waals surface area (Å²) >= 11 is 1.31. The number of nitriles is 1. The van der Waals surface area contributed by atoms with Crippen molar-refractivity contribution in [2.75, 3.05) is 26.3 Å². The van der Waals surface area contributed by atoms with Crippen LogP contribution >= 0.6 is 11.8 Å². The molecule has 0 aromatic heterocycles. The maximum Gasteiger partial charge on any atom is 0.348 e. The molecule has 2 N–H and O–H groups in total. The van der Waals surface area contributed by atoms with Gasteiger partial charge in [-0.3, -0.25) is 14.5 Å². The Balaban J connectivity index is 1.53. The number of cyclic esters (lactones) is 1. The van der Waals surface area contributed by atoms with Crippen molar-refractivity contribution in [1.82, 2.24) is 10.2 Å². The zero-order valence-corrected chi connectivity index (χ0v) is 25.8. The predicted molar refractivity (Wildman–Crippen MR) is 156 cm³/mol. The predicted octanol–water partition coefficient (Wildman–Crippen LogP) is 2.43. The molecular weight excluding hydrogens is 606 g/mol. The number of piperazine rings is 1. The van der Waals surface area contributed by atoms with Gasteiger partial charge in [-0.1, -0.05) is 6.07 Å². The largest absolute Gasteiger partial charge is 0.504 e. The fourth-order valence-corrected chi connectivity index (χ4v) is 9.21. The van der Waals surface area contributed by atoms with Gasteiger partial charge in [-0.15, -0.1) is 11.8 Å². The van der Waals surface area contributed by atoms with Gasteiger partial charge in [-0.2, -0.15) is 5.26 Å². The van der Waals surface area contributed by atoms with Crippen LogP contribution in [0.2, 0.25) is 0 Å². The number of rotatable bonds is 4. The number of hydrogen-bond acceptors (Lipinski definition) is 14. The topological polar surface area (TPSA) is 166 Å². The molecule has 236 valence electrons. The van der Waals surface area contributed by atoms with Gasteiger partial charge in [0.25, 0.3) is 6.47 Å². The van der Waals surface area contributed by atoms with Crippen molar-refractivity contribution in [2.24, 2.45) is 0 Å². The fourth-order valence-electron chi connectivity index (χ4n) is 7.72. The quantitative estimate of drug-likeness (QED) is 0.285. The molecule has 14 heteroatoms. The molecule has 0 aliphatic carbocycles. The number of thioether (sulfide) groups is 1. The van der Waals surface area contributed by atoms with Gasteiger partial charge in [0.1, 0.15) is 18.4 Å². The summed E-state index contributed by atoms with van der Waals surface area (Å²) in [5.41, 5.74) is 4.11. The molecule has 1 unspecified atom stereocenters. The highest BCUT2D eigenvalue weighted by molar-refractivity contribution is 7.99. The van der Waals surface area contributed by atoms with Gasteiger partial charge in [0, 0.05) is 47.0 Å². The van der Waals surface area contributed by atoms with Crippen LogP contribution in [-0.2, 0) is 30.3 Å². The Kier molecular flexibility index (Phi) is 7.22. The number of nitrogens with zero attached hydrogens (tertiary/aromatic N) is 2. The maximum absolute atomic E-state index is 13.1. The molecule has 0 saturated carbocycles. The van der Waals surface area contributed by atoms with Gasteiger partial charge in [-0.25, -0.2) is 4.79 Å². The van der Waals surface area contributed by atoms with Crippen LogP contribution in [0.5, 0.6) is 28.7 Å². The number of fused-ring (bicyclic) bond motifs is 9. The van der Waals surface area contributed by atoms with Crippen molar-refractivity contribution in [1.29, 1.82) is 5.26 Å². The molecule has 45 heavy (non-hydrogen) atoms. The SMILES string of the molecule is COc1c(C)cc2c(c1O)[C@@H]1N[C@H](C2)[C@H](C#N)N2C1[C@@H]1SC[C@H](OC=O)C(=O)OC[C@H]2c2c3c(c(C)c(OC(C)=O)c21)OCO3. The molecule has 5 aliphatic heterocycles. The van der Waals surface area contributed by atoms with E-state index in [9.17, 15) is 24.8 Å². The highest BCUT2D eigenvalue weighted by Gasteiger charge is 2.59. The lowest BCUT2D eigenvalue weighted by atomic mass is 9.72. The molecular formula is C31H31N3O10S. The molecule has 7 rings (SSSR count). The molecule has 2 fully saturated rings. The van der Waals surface area contributed by atoms with Crippen LogP contribution in [0.3, 0.4) is 0 Å². The van der Waals surface area contributed by atoms with Gasteiger partial charge in [0.05, 0.1) is 30.5 Å². The first-order valence-corrected chi connectivity index (χ1v) is 15.6. The summed E-state index contributed by atoms with van der Waals surface area (Å²) in [4.78, 5) is 39.1. The number of esters is 2. The van der Waals surface area contributed by atoms with Crippen LogP contribution in [0.25, 0.3) is 0 Å². The highest BCUT2D eigenvalue weighted by atomic mass is 32.2. The van der Waals surface area contributed by atoms with Crippen molar-refractivity contribution < 1.29 is 47.9 Å². The van der Waals surface area contributed by atoms with Crippen molar-refractivity contribution in [3.8, 4) is 34.8 Å². The number of carbonyl (C=O) groups excluding carboxylic acids is 3. The lowest BCUT2D eigenvalue weighted by Gasteiger charge is -2.59. The van der Waals surface area contributed by atoms with Gasteiger partial charge < -0.3 is 38.8 Å². The first-order chi connectivity index (χ1) is 21.7. The van der Waals surface area contributed by atoms with Crippen LogP contribution in [-0.4, -0.2) is 78.9 Å². The standard InChI is InChI=1S/C31H31N3O10S/c1-12-5-15-6-16-17(7-32)34-18-8-40-31(38)19(41-10-35)9-45-30(24(34)23(33-16)20(15)25(37)26(12)39-4)22-21(18)29-28(42-11-43-29)13(2)27(22)44-14(3)36/h5,10,16-19,23-24,30,33,37H,6,8-9,11H2,1-4H3/t16-,17+,18+,19+,23+,24?,30-/m1/s1. The summed E-state index contributed by atoms with van der Waals surface area (Å²) in [6.07, 6.45) is -0.732. The van der Waals surface area contributed by atoms with E-state index in [1.54, 1.807) is 6.92 Å². The third kappa shape index (κ3) is 4.32. The number of phenols is 1.